The van der Waals surface area contributed by atoms with Gasteiger partial charge in [0.2, 0.25) is 5.91 Å². The Morgan fingerprint density at radius 3 is 2.26 bits per heavy atom. The lowest BCUT2D eigenvalue weighted by molar-refractivity contribution is -0.119. The minimum absolute atomic E-state index is 0.0771. The zero-order valence-electron chi connectivity index (χ0n) is 19.8. The number of benzene rings is 2. The van der Waals surface area contributed by atoms with Crippen LogP contribution in [0.3, 0.4) is 0 Å². The summed E-state index contributed by atoms with van der Waals surface area (Å²) >= 11 is 1.31. The average Bonchev–Trinajstić information content (AvgIpc) is 3.24. The van der Waals surface area contributed by atoms with E-state index in [1.165, 1.54) is 11.8 Å². The highest BCUT2D eigenvalue weighted by Gasteiger charge is 2.26. The van der Waals surface area contributed by atoms with Crippen molar-refractivity contribution in [2.45, 2.75) is 44.6 Å². The summed E-state index contributed by atoms with van der Waals surface area (Å²) in [6.45, 7) is 10.3. The predicted octanol–water partition coefficient (Wildman–Crippen LogP) is 4.56. The van der Waals surface area contributed by atoms with Crippen molar-refractivity contribution in [3.8, 4) is 0 Å². The summed E-state index contributed by atoms with van der Waals surface area (Å²) in [6.07, 6.45) is 1.75. The average molecular weight is 478 g/mol. The second-order valence-electron chi connectivity index (χ2n) is 8.29. The second-order valence-corrected chi connectivity index (χ2v) is 9.23. The SMILES string of the molecule is C=CCn1c(SCC(=O)N[C@@H](C)c2ccccc2)nnc1[C@@H](NC(=O)c1ccccc1)C(C)C. The molecule has 2 atom stereocenters. The quantitative estimate of drug-likeness (QED) is 0.312. The van der Waals surface area contributed by atoms with E-state index in [2.05, 4.69) is 27.4 Å². The van der Waals surface area contributed by atoms with Crippen molar-refractivity contribution in [2.24, 2.45) is 5.92 Å². The molecule has 0 unspecified atom stereocenters. The van der Waals surface area contributed by atoms with Gasteiger partial charge >= 0.3 is 0 Å². The number of carbonyl (C=O) groups is 2. The van der Waals surface area contributed by atoms with Crippen LogP contribution in [0.5, 0.6) is 0 Å². The Bertz CT molecular complexity index is 1100. The molecule has 2 N–H and O–H groups in total. The van der Waals surface area contributed by atoms with Gasteiger partial charge in [0.05, 0.1) is 17.8 Å². The van der Waals surface area contributed by atoms with Crippen LogP contribution in [0, 0.1) is 5.92 Å². The minimum atomic E-state index is -0.346. The third-order valence-electron chi connectivity index (χ3n) is 5.33. The van der Waals surface area contributed by atoms with Crippen LogP contribution in [0.1, 0.15) is 54.6 Å². The number of nitrogens with zero attached hydrogens (tertiary/aromatic N) is 3. The van der Waals surface area contributed by atoms with E-state index >= 15 is 0 Å². The molecule has 1 aromatic heterocycles. The van der Waals surface area contributed by atoms with Crippen LogP contribution in [0.4, 0.5) is 0 Å². The van der Waals surface area contributed by atoms with Crippen molar-refractivity contribution in [3.63, 3.8) is 0 Å². The Kier molecular flexibility index (Phi) is 9.04. The van der Waals surface area contributed by atoms with E-state index in [4.69, 9.17) is 0 Å². The van der Waals surface area contributed by atoms with Crippen molar-refractivity contribution in [1.82, 2.24) is 25.4 Å². The Morgan fingerprint density at radius 2 is 1.65 bits per heavy atom. The highest BCUT2D eigenvalue weighted by atomic mass is 32.2. The Balaban J connectivity index is 1.71. The fraction of sp³-hybridized carbons (Fsp3) is 0.308. The van der Waals surface area contributed by atoms with Gasteiger partial charge in [-0.15, -0.1) is 16.8 Å². The Labute approximate surface area is 205 Å². The van der Waals surface area contributed by atoms with Gasteiger partial charge < -0.3 is 15.2 Å². The van der Waals surface area contributed by atoms with E-state index in [1.807, 2.05) is 73.9 Å². The molecular weight excluding hydrogens is 446 g/mol. The van der Waals surface area contributed by atoms with Crippen LogP contribution in [-0.4, -0.2) is 32.3 Å². The van der Waals surface area contributed by atoms with E-state index < -0.39 is 0 Å². The van der Waals surface area contributed by atoms with Crippen LogP contribution in [-0.2, 0) is 11.3 Å². The molecule has 7 nitrogen and oxygen atoms in total. The largest absolute Gasteiger partial charge is 0.349 e. The number of nitrogens with one attached hydrogen (secondary N) is 2. The topological polar surface area (TPSA) is 88.9 Å². The van der Waals surface area contributed by atoms with E-state index in [1.54, 1.807) is 18.2 Å². The number of thioether (sulfide) groups is 1. The molecule has 0 saturated carbocycles. The number of amides is 2. The van der Waals surface area contributed by atoms with E-state index in [-0.39, 0.29) is 35.6 Å². The summed E-state index contributed by atoms with van der Waals surface area (Å²) in [7, 11) is 0. The molecule has 0 aliphatic carbocycles. The molecule has 34 heavy (non-hydrogen) atoms. The van der Waals surface area contributed by atoms with Gasteiger partial charge in [0, 0.05) is 12.1 Å². The van der Waals surface area contributed by atoms with Crippen molar-refractivity contribution in [3.05, 3.63) is 90.3 Å². The number of hydrogen-bond donors (Lipinski definition) is 2. The Morgan fingerprint density at radius 1 is 1.00 bits per heavy atom. The number of rotatable bonds is 11. The molecule has 8 heteroatoms. The summed E-state index contributed by atoms with van der Waals surface area (Å²) in [5, 5.41) is 15.4. The minimum Gasteiger partial charge on any atom is -0.349 e. The van der Waals surface area contributed by atoms with Gasteiger partial charge in [0.1, 0.15) is 0 Å². The first-order valence-corrected chi connectivity index (χ1v) is 12.3. The fourth-order valence-corrected chi connectivity index (χ4v) is 4.29. The van der Waals surface area contributed by atoms with Crippen LogP contribution in [0.2, 0.25) is 0 Å². The third-order valence-corrected chi connectivity index (χ3v) is 6.30. The van der Waals surface area contributed by atoms with Crippen LogP contribution in [0.15, 0.2) is 78.5 Å². The van der Waals surface area contributed by atoms with Gasteiger partial charge in [0.15, 0.2) is 11.0 Å². The highest BCUT2D eigenvalue weighted by Crippen LogP contribution is 2.26. The summed E-state index contributed by atoms with van der Waals surface area (Å²) in [5.74, 6) is 0.660. The maximum atomic E-state index is 12.8. The van der Waals surface area contributed by atoms with Gasteiger partial charge in [-0.05, 0) is 30.5 Å². The molecule has 178 valence electrons. The molecule has 3 rings (SSSR count). The molecule has 0 spiro atoms. The fourth-order valence-electron chi connectivity index (χ4n) is 3.52. The zero-order chi connectivity index (χ0) is 24.5. The smallest absolute Gasteiger partial charge is 0.251 e. The first-order chi connectivity index (χ1) is 16.4. The molecule has 1 heterocycles. The number of allylic oxidation sites excluding steroid dienone is 1. The lowest BCUT2D eigenvalue weighted by Crippen LogP contribution is -2.33. The Hall–Kier alpha value is -3.39. The van der Waals surface area contributed by atoms with Crippen LogP contribution >= 0.6 is 11.8 Å². The molecule has 0 radical (unpaired) electrons. The summed E-state index contributed by atoms with van der Waals surface area (Å²) in [4.78, 5) is 25.4. The normalized spacial score (nSPS) is 12.7. The van der Waals surface area contributed by atoms with Crippen LogP contribution < -0.4 is 10.6 Å². The molecule has 0 saturated heterocycles. The third kappa shape index (κ3) is 6.57. The molecular formula is C26H31N5O2S. The summed E-state index contributed by atoms with van der Waals surface area (Å²) in [5.41, 5.74) is 1.63. The van der Waals surface area contributed by atoms with E-state index in [0.717, 1.165) is 5.56 Å². The van der Waals surface area contributed by atoms with Crippen molar-refractivity contribution < 1.29 is 9.59 Å². The lowest BCUT2D eigenvalue weighted by atomic mass is 10.0. The van der Waals surface area contributed by atoms with Gasteiger partial charge in [-0.2, -0.15) is 0 Å². The molecule has 2 aromatic carbocycles. The zero-order valence-corrected chi connectivity index (χ0v) is 20.6. The second kappa shape index (κ2) is 12.2. The monoisotopic (exact) mass is 477 g/mol. The first kappa shape index (κ1) is 25.2. The van der Waals surface area contributed by atoms with Gasteiger partial charge in [-0.1, -0.05) is 80.2 Å². The van der Waals surface area contributed by atoms with Crippen molar-refractivity contribution >= 4 is 23.6 Å². The van der Waals surface area contributed by atoms with E-state index in [0.29, 0.717) is 23.1 Å². The summed E-state index contributed by atoms with van der Waals surface area (Å²) in [6, 6.07) is 18.5. The molecule has 3 aromatic rings. The number of aromatic nitrogens is 3. The van der Waals surface area contributed by atoms with Gasteiger partial charge in [-0.25, -0.2) is 0 Å². The van der Waals surface area contributed by atoms with Crippen LogP contribution in [0.25, 0.3) is 0 Å². The lowest BCUT2D eigenvalue weighted by Gasteiger charge is -2.22. The van der Waals surface area contributed by atoms with E-state index in [9.17, 15) is 9.59 Å². The molecule has 0 aliphatic rings. The first-order valence-electron chi connectivity index (χ1n) is 11.3. The summed E-state index contributed by atoms with van der Waals surface area (Å²) < 4.78 is 1.90. The molecule has 0 fully saturated rings. The molecule has 0 aliphatic heterocycles. The van der Waals surface area contributed by atoms with Crippen molar-refractivity contribution in [1.29, 1.82) is 0 Å². The van der Waals surface area contributed by atoms with Crippen molar-refractivity contribution in [2.75, 3.05) is 5.75 Å². The number of hydrogen-bond acceptors (Lipinski definition) is 5. The highest BCUT2D eigenvalue weighted by molar-refractivity contribution is 7.99. The predicted molar refractivity (Wildman–Crippen MR) is 135 cm³/mol. The van der Waals surface area contributed by atoms with Gasteiger partial charge in [0.25, 0.3) is 5.91 Å². The molecule has 0 bridgehead atoms. The maximum absolute atomic E-state index is 12.8. The van der Waals surface area contributed by atoms with Gasteiger partial charge in [-0.3, -0.25) is 9.59 Å². The standard InChI is InChI=1S/C26H31N5O2S/c1-5-16-31-24(23(18(2)3)28-25(33)21-14-10-7-11-15-21)29-30-26(31)34-17-22(32)27-19(4)20-12-8-6-9-13-20/h5-15,18-19,23H,1,16-17H2,2-4H3,(H,27,32)(H,28,33)/t19-,23-/m0/s1. The number of carbonyl (C=O) groups excluding carboxylic acids is 2. The molecule has 2 amide bonds. The maximum Gasteiger partial charge on any atom is 0.251 e.